The third kappa shape index (κ3) is 6.68. The monoisotopic (exact) mass is 276 g/mol. The maximum Gasteiger partial charge on any atom is 0.221 e. The molecule has 1 saturated carbocycles. The van der Waals surface area contributed by atoms with Crippen LogP contribution in [-0.4, -0.2) is 31.6 Å². The molecule has 1 aliphatic rings. The zero-order valence-corrected chi connectivity index (χ0v) is 11.9. The van der Waals surface area contributed by atoms with Gasteiger partial charge in [0, 0.05) is 32.2 Å². The summed E-state index contributed by atoms with van der Waals surface area (Å²) in [5.41, 5.74) is 1.18. The van der Waals surface area contributed by atoms with Gasteiger partial charge in [0.05, 0.1) is 6.61 Å². The van der Waals surface area contributed by atoms with Crippen molar-refractivity contribution in [2.45, 2.75) is 38.3 Å². The van der Waals surface area contributed by atoms with Crippen LogP contribution in [0.4, 0.5) is 0 Å². The molecule has 1 aliphatic carbocycles. The van der Waals surface area contributed by atoms with Crippen LogP contribution in [0.2, 0.25) is 0 Å². The number of rotatable bonds is 10. The fourth-order valence-electron chi connectivity index (χ4n) is 1.93. The van der Waals surface area contributed by atoms with E-state index in [0.717, 1.165) is 13.0 Å². The summed E-state index contributed by atoms with van der Waals surface area (Å²) < 4.78 is 5.56. The third-order valence-corrected chi connectivity index (χ3v) is 3.26. The van der Waals surface area contributed by atoms with Gasteiger partial charge in [-0.3, -0.25) is 4.79 Å². The molecule has 110 valence electrons. The molecule has 0 aromatic heterocycles. The van der Waals surface area contributed by atoms with E-state index in [4.69, 9.17) is 4.74 Å². The van der Waals surface area contributed by atoms with Crippen molar-refractivity contribution in [2.75, 3.05) is 19.7 Å². The van der Waals surface area contributed by atoms with Crippen LogP contribution in [0.3, 0.4) is 0 Å². The Bertz CT molecular complexity index is 391. The first-order valence-electron chi connectivity index (χ1n) is 7.46. The SMILES string of the molecule is O=C(CCNC1CC1)NCCCOCc1ccccc1. The predicted octanol–water partition coefficient (Wildman–Crippen LogP) is 1.85. The van der Waals surface area contributed by atoms with E-state index in [1.54, 1.807) is 0 Å². The minimum absolute atomic E-state index is 0.126. The lowest BCUT2D eigenvalue weighted by Gasteiger charge is -2.07. The molecule has 0 spiro atoms. The number of ether oxygens (including phenoxy) is 1. The Morgan fingerprint density at radius 3 is 2.75 bits per heavy atom. The summed E-state index contributed by atoms with van der Waals surface area (Å²) in [4.78, 5) is 11.5. The molecule has 0 saturated heterocycles. The third-order valence-electron chi connectivity index (χ3n) is 3.26. The lowest BCUT2D eigenvalue weighted by atomic mass is 10.2. The van der Waals surface area contributed by atoms with Crippen LogP contribution in [0, 0.1) is 0 Å². The van der Waals surface area contributed by atoms with Crippen molar-refractivity contribution in [3.8, 4) is 0 Å². The molecular formula is C16H24N2O2. The first kappa shape index (κ1) is 15.0. The van der Waals surface area contributed by atoms with Gasteiger partial charge in [0.15, 0.2) is 0 Å². The Morgan fingerprint density at radius 2 is 2.00 bits per heavy atom. The number of hydrogen-bond donors (Lipinski definition) is 2. The van der Waals surface area contributed by atoms with Crippen LogP contribution in [-0.2, 0) is 16.1 Å². The second-order valence-electron chi connectivity index (χ2n) is 5.22. The standard InChI is InChI=1S/C16H24N2O2/c19-16(9-11-17-15-7-8-15)18-10-4-12-20-13-14-5-2-1-3-6-14/h1-3,5-6,15,17H,4,7-13H2,(H,18,19). The highest BCUT2D eigenvalue weighted by Crippen LogP contribution is 2.18. The van der Waals surface area contributed by atoms with E-state index < -0.39 is 0 Å². The van der Waals surface area contributed by atoms with Gasteiger partial charge in [-0.2, -0.15) is 0 Å². The molecule has 2 rings (SSSR count). The zero-order chi connectivity index (χ0) is 14.0. The maximum atomic E-state index is 11.5. The lowest BCUT2D eigenvalue weighted by Crippen LogP contribution is -2.29. The molecule has 4 heteroatoms. The Labute approximate surface area is 120 Å². The van der Waals surface area contributed by atoms with Gasteiger partial charge >= 0.3 is 0 Å². The fraction of sp³-hybridized carbons (Fsp3) is 0.562. The summed E-state index contributed by atoms with van der Waals surface area (Å²) in [5.74, 6) is 0.126. The Kier molecular flexibility index (Phi) is 6.54. The number of hydrogen-bond acceptors (Lipinski definition) is 3. The van der Waals surface area contributed by atoms with Gasteiger partial charge in [-0.25, -0.2) is 0 Å². The van der Waals surface area contributed by atoms with Gasteiger partial charge in [-0.15, -0.1) is 0 Å². The quantitative estimate of drug-likeness (QED) is 0.641. The van der Waals surface area contributed by atoms with Gasteiger partial charge in [0.1, 0.15) is 0 Å². The average molecular weight is 276 g/mol. The van der Waals surface area contributed by atoms with Gasteiger partial charge < -0.3 is 15.4 Å². The van der Waals surface area contributed by atoms with Crippen LogP contribution in [0.25, 0.3) is 0 Å². The molecule has 1 amide bonds. The van der Waals surface area contributed by atoms with E-state index in [-0.39, 0.29) is 5.91 Å². The summed E-state index contributed by atoms with van der Waals surface area (Å²) in [6.07, 6.45) is 3.96. The van der Waals surface area contributed by atoms with Crippen LogP contribution in [0.15, 0.2) is 30.3 Å². The highest BCUT2D eigenvalue weighted by Gasteiger charge is 2.19. The Hall–Kier alpha value is -1.39. The second-order valence-corrected chi connectivity index (χ2v) is 5.22. The van der Waals surface area contributed by atoms with Crippen molar-refractivity contribution >= 4 is 5.91 Å². The van der Waals surface area contributed by atoms with E-state index in [1.165, 1.54) is 18.4 Å². The molecule has 0 atom stereocenters. The van der Waals surface area contributed by atoms with E-state index in [0.29, 0.717) is 32.2 Å². The molecule has 1 fully saturated rings. The van der Waals surface area contributed by atoms with Crippen LogP contribution in [0.5, 0.6) is 0 Å². The summed E-state index contributed by atoms with van der Waals surface area (Å²) >= 11 is 0. The molecule has 1 aromatic rings. The highest BCUT2D eigenvalue weighted by atomic mass is 16.5. The zero-order valence-electron chi connectivity index (χ0n) is 11.9. The van der Waals surface area contributed by atoms with E-state index >= 15 is 0 Å². The smallest absolute Gasteiger partial charge is 0.221 e. The predicted molar refractivity (Wildman–Crippen MR) is 79.4 cm³/mol. The maximum absolute atomic E-state index is 11.5. The summed E-state index contributed by atoms with van der Waals surface area (Å²) in [5, 5.41) is 6.25. The lowest BCUT2D eigenvalue weighted by molar-refractivity contribution is -0.121. The van der Waals surface area contributed by atoms with Crippen LogP contribution >= 0.6 is 0 Å². The first-order chi connectivity index (χ1) is 9.84. The molecule has 2 N–H and O–H groups in total. The molecule has 1 aromatic carbocycles. The molecule has 0 radical (unpaired) electrons. The largest absolute Gasteiger partial charge is 0.377 e. The Balaban J connectivity index is 1.40. The normalized spacial score (nSPS) is 14.2. The summed E-state index contributed by atoms with van der Waals surface area (Å²) in [6.45, 7) is 2.80. The first-order valence-corrected chi connectivity index (χ1v) is 7.46. The molecule has 0 heterocycles. The molecule has 4 nitrogen and oxygen atoms in total. The minimum Gasteiger partial charge on any atom is -0.377 e. The van der Waals surface area contributed by atoms with Gasteiger partial charge in [-0.1, -0.05) is 30.3 Å². The van der Waals surface area contributed by atoms with Crippen LogP contribution in [0.1, 0.15) is 31.2 Å². The Morgan fingerprint density at radius 1 is 1.20 bits per heavy atom. The van der Waals surface area contributed by atoms with E-state index in [9.17, 15) is 4.79 Å². The average Bonchev–Trinajstić information content (AvgIpc) is 3.28. The molecule has 0 aliphatic heterocycles. The van der Waals surface area contributed by atoms with Crippen molar-refractivity contribution < 1.29 is 9.53 Å². The molecule has 20 heavy (non-hydrogen) atoms. The number of nitrogens with one attached hydrogen (secondary N) is 2. The van der Waals surface area contributed by atoms with E-state index in [1.807, 2.05) is 18.2 Å². The van der Waals surface area contributed by atoms with Crippen LogP contribution < -0.4 is 10.6 Å². The van der Waals surface area contributed by atoms with Crippen molar-refractivity contribution in [1.29, 1.82) is 0 Å². The fourth-order valence-corrected chi connectivity index (χ4v) is 1.93. The topological polar surface area (TPSA) is 50.4 Å². The molecular weight excluding hydrogens is 252 g/mol. The van der Waals surface area contributed by atoms with Crippen molar-refractivity contribution in [3.05, 3.63) is 35.9 Å². The number of carbonyl (C=O) groups excluding carboxylic acids is 1. The van der Waals surface area contributed by atoms with E-state index in [2.05, 4.69) is 22.8 Å². The summed E-state index contributed by atoms with van der Waals surface area (Å²) in [6, 6.07) is 10.8. The van der Waals surface area contributed by atoms with Gasteiger partial charge in [0.2, 0.25) is 5.91 Å². The van der Waals surface area contributed by atoms with Gasteiger partial charge in [0.25, 0.3) is 0 Å². The number of benzene rings is 1. The number of carbonyl (C=O) groups is 1. The number of amides is 1. The summed E-state index contributed by atoms with van der Waals surface area (Å²) in [7, 11) is 0. The minimum atomic E-state index is 0.126. The highest BCUT2D eigenvalue weighted by molar-refractivity contribution is 5.75. The van der Waals surface area contributed by atoms with Crippen molar-refractivity contribution in [1.82, 2.24) is 10.6 Å². The second kappa shape index (κ2) is 8.72. The van der Waals surface area contributed by atoms with Gasteiger partial charge in [-0.05, 0) is 24.8 Å². The van der Waals surface area contributed by atoms with Crippen molar-refractivity contribution in [2.24, 2.45) is 0 Å². The van der Waals surface area contributed by atoms with Crippen molar-refractivity contribution in [3.63, 3.8) is 0 Å². The molecule has 0 bridgehead atoms. The molecule has 0 unspecified atom stereocenters.